The number of hydrogen-bond acceptors (Lipinski definition) is 5. The molecule has 0 bridgehead atoms. The van der Waals surface area contributed by atoms with Crippen LogP contribution in [0.25, 0.3) is 0 Å². The summed E-state index contributed by atoms with van der Waals surface area (Å²) in [4.78, 5) is 15.1. The van der Waals surface area contributed by atoms with E-state index in [1.54, 1.807) is 0 Å². The number of rotatable bonds is 3. The fourth-order valence-corrected chi connectivity index (χ4v) is 1.34. The molecular weight excluding hydrogens is 253 g/mol. The molecule has 1 rings (SSSR count). The molecule has 1 heterocycles. The third-order valence-electron chi connectivity index (χ3n) is 2.18. The van der Waals surface area contributed by atoms with Crippen LogP contribution in [0.15, 0.2) is 6.20 Å². The van der Waals surface area contributed by atoms with Crippen molar-refractivity contribution in [3.8, 4) is 5.75 Å². The average molecular weight is 264 g/mol. The monoisotopic (exact) mass is 264 g/mol. The molecule has 1 aromatic heterocycles. The van der Waals surface area contributed by atoms with E-state index in [-0.39, 0.29) is 17.8 Å². The van der Waals surface area contributed by atoms with Crippen molar-refractivity contribution in [2.45, 2.75) is 19.8 Å². The minimum atomic E-state index is -4.92. The lowest BCUT2D eigenvalue weighted by Crippen LogP contribution is -2.21. The highest BCUT2D eigenvalue weighted by molar-refractivity contribution is 5.92. The van der Waals surface area contributed by atoms with E-state index in [0.29, 0.717) is 0 Å². The molecule has 18 heavy (non-hydrogen) atoms. The van der Waals surface area contributed by atoms with E-state index in [4.69, 9.17) is 5.73 Å². The van der Waals surface area contributed by atoms with Gasteiger partial charge in [-0.05, 0) is 6.92 Å². The van der Waals surface area contributed by atoms with Crippen LogP contribution in [-0.2, 0) is 11.3 Å². The van der Waals surface area contributed by atoms with Gasteiger partial charge in [0.2, 0.25) is 0 Å². The molecule has 0 saturated carbocycles. The van der Waals surface area contributed by atoms with E-state index in [9.17, 15) is 18.0 Å². The third-order valence-corrected chi connectivity index (χ3v) is 2.18. The van der Waals surface area contributed by atoms with Crippen LogP contribution in [-0.4, -0.2) is 24.4 Å². The smallest absolute Gasteiger partial charge is 0.465 e. The van der Waals surface area contributed by atoms with E-state index in [2.05, 4.69) is 14.5 Å². The van der Waals surface area contributed by atoms with E-state index >= 15 is 0 Å². The zero-order chi connectivity index (χ0) is 13.9. The molecule has 8 heteroatoms. The summed E-state index contributed by atoms with van der Waals surface area (Å²) < 4.78 is 45.0. The number of nitrogens with zero attached hydrogens (tertiary/aromatic N) is 1. The Morgan fingerprint density at radius 2 is 2.11 bits per heavy atom. The Labute approximate surface area is 101 Å². The number of halogens is 3. The summed E-state index contributed by atoms with van der Waals surface area (Å²) in [5.74, 6) is -1.60. The maximum atomic E-state index is 12.3. The number of alkyl halides is 3. The number of carbonyl (C=O) groups is 1. The van der Waals surface area contributed by atoms with Crippen LogP contribution in [0.1, 0.15) is 21.6 Å². The fourth-order valence-electron chi connectivity index (χ4n) is 1.34. The van der Waals surface area contributed by atoms with Gasteiger partial charge in [0.15, 0.2) is 0 Å². The molecule has 0 amide bonds. The average Bonchev–Trinajstić information content (AvgIpc) is 2.29. The van der Waals surface area contributed by atoms with Crippen molar-refractivity contribution in [1.29, 1.82) is 0 Å². The molecule has 0 atom stereocenters. The van der Waals surface area contributed by atoms with Gasteiger partial charge in [-0.2, -0.15) is 0 Å². The zero-order valence-corrected chi connectivity index (χ0v) is 9.67. The predicted octanol–water partition coefficient (Wildman–Crippen LogP) is 1.53. The lowest BCUT2D eigenvalue weighted by molar-refractivity contribution is -0.275. The zero-order valence-electron chi connectivity index (χ0n) is 9.67. The van der Waals surface area contributed by atoms with Crippen LogP contribution in [0.5, 0.6) is 5.75 Å². The maximum Gasteiger partial charge on any atom is 0.573 e. The van der Waals surface area contributed by atoms with Gasteiger partial charge in [-0.25, -0.2) is 4.79 Å². The van der Waals surface area contributed by atoms with Gasteiger partial charge in [0.1, 0.15) is 11.3 Å². The SMILES string of the molecule is COC(=O)c1cnc(CN)c(C)c1OC(F)(F)F. The number of aromatic nitrogens is 1. The second-order valence-electron chi connectivity index (χ2n) is 3.32. The molecule has 0 aliphatic heterocycles. The molecule has 0 saturated heterocycles. The summed E-state index contributed by atoms with van der Waals surface area (Å²) in [7, 11) is 1.05. The van der Waals surface area contributed by atoms with Gasteiger partial charge in [0, 0.05) is 18.3 Å². The summed E-state index contributed by atoms with van der Waals surface area (Å²) in [5, 5.41) is 0. The van der Waals surface area contributed by atoms with Crippen molar-refractivity contribution in [1.82, 2.24) is 4.98 Å². The Hall–Kier alpha value is -1.83. The molecule has 0 aliphatic carbocycles. The minimum absolute atomic E-state index is 0.0534. The molecule has 0 spiro atoms. The predicted molar refractivity (Wildman–Crippen MR) is 54.9 cm³/mol. The molecule has 0 fully saturated rings. The van der Waals surface area contributed by atoms with Crippen LogP contribution in [0.3, 0.4) is 0 Å². The number of ether oxygens (including phenoxy) is 2. The number of pyridine rings is 1. The molecule has 0 aromatic carbocycles. The first-order valence-electron chi connectivity index (χ1n) is 4.82. The highest BCUT2D eigenvalue weighted by atomic mass is 19.4. The Morgan fingerprint density at radius 1 is 1.50 bits per heavy atom. The Bertz CT molecular complexity index is 460. The van der Waals surface area contributed by atoms with Crippen molar-refractivity contribution < 1.29 is 27.4 Å². The number of nitrogens with two attached hydrogens (primary N) is 1. The molecule has 0 unspecified atom stereocenters. The Kier molecular flexibility index (Phi) is 4.12. The standard InChI is InChI=1S/C10H11F3N2O3/c1-5-7(3-14)15-4-6(9(16)17-2)8(5)18-10(11,12)13/h4H,3,14H2,1-2H3. The second kappa shape index (κ2) is 5.21. The molecule has 1 aromatic rings. The number of hydrogen-bond donors (Lipinski definition) is 1. The van der Waals surface area contributed by atoms with Gasteiger partial charge in [-0.15, -0.1) is 13.2 Å². The summed E-state index contributed by atoms with van der Waals surface area (Å²) >= 11 is 0. The number of esters is 1. The van der Waals surface area contributed by atoms with Gasteiger partial charge in [-0.3, -0.25) is 4.98 Å². The van der Waals surface area contributed by atoms with Crippen LogP contribution in [0, 0.1) is 6.92 Å². The van der Waals surface area contributed by atoms with Gasteiger partial charge >= 0.3 is 12.3 Å². The van der Waals surface area contributed by atoms with E-state index < -0.39 is 23.6 Å². The van der Waals surface area contributed by atoms with E-state index in [1.165, 1.54) is 6.92 Å². The number of carbonyl (C=O) groups excluding carboxylic acids is 1. The van der Waals surface area contributed by atoms with E-state index in [1.807, 2.05) is 0 Å². The summed E-state index contributed by atoms with van der Waals surface area (Å²) in [6.45, 7) is 1.27. The fraction of sp³-hybridized carbons (Fsp3) is 0.400. The normalized spacial score (nSPS) is 11.2. The highest BCUT2D eigenvalue weighted by Gasteiger charge is 2.34. The topological polar surface area (TPSA) is 74.4 Å². The largest absolute Gasteiger partial charge is 0.573 e. The van der Waals surface area contributed by atoms with Gasteiger partial charge in [0.05, 0.1) is 12.8 Å². The first-order chi connectivity index (χ1) is 8.30. The lowest BCUT2D eigenvalue weighted by atomic mass is 10.1. The molecule has 2 N–H and O–H groups in total. The van der Waals surface area contributed by atoms with Crippen molar-refractivity contribution in [2.75, 3.05) is 7.11 Å². The quantitative estimate of drug-likeness (QED) is 0.838. The van der Waals surface area contributed by atoms with Crippen LogP contribution < -0.4 is 10.5 Å². The molecule has 100 valence electrons. The lowest BCUT2D eigenvalue weighted by Gasteiger charge is -2.15. The third kappa shape index (κ3) is 3.10. The minimum Gasteiger partial charge on any atom is -0.465 e. The first kappa shape index (κ1) is 14.2. The van der Waals surface area contributed by atoms with E-state index in [0.717, 1.165) is 13.3 Å². The van der Waals surface area contributed by atoms with Crippen molar-refractivity contribution >= 4 is 5.97 Å². The van der Waals surface area contributed by atoms with Crippen molar-refractivity contribution in [2.24, 2.45) is 5.73 Å². The van der Waals surface area contributed by atoms with Gasteiger partial charge < -0.3 is 15.2 Å². The summed E-state index contributed by atoms with van der Waals surface area (Å²) in [6.07, 6.45) is -3.97. The molecular formula is C10H11F3N2O3. The van der Waals surface area contributed by atoms with Gasteiger partial charge in [0.25, 0.3) is 0 Å². The summed E-state index contributed by atoms with van der Waals surface area (Å²) in [6, 6.07) is 0. The highest BCUT2D eigenvalue weighted by Crippen LogP contribution is 2.31. The molecule has 5 nitrogen and oxygen atoms in total. The molecule has 0 aliphatic rings. The van der Waals surface area contributed by atoms with Gasteiger partial charge in [-0.1, -0.05) is 0 Å². The maximum absolute atomic E-state index is 12.3. The second-order valence-corrected chi connectivity index (χ2v) is 3.32. The van der Waals surface area contributed by atoms with Crippen molar-refractivity contribution in [3.63, 3.8) is 0 Å². The van der Waals surface area contributed by atoms with Crippen LogP contribution >= 0.6 is 0 Å². The Morgan fingerprint density at radius 3 is 2.56 bits per heavy atom. The molecule has 0 radical (unpaired) electrons. The van der Waals surface area contributed by atoms with Crippen LogP contribution in [0.2, 0.25) is 0 Å². The van der Waals surface area contributed by atoms with Crippen LogP contribution in [0.4, 0.5) is 13.2 Å². The Balaban J connectivity index is 3.35. The first-order valence-corrected chi connectivity index (χ1v) is 4.82. The number of methoxy groups -OCH3 is 1. The van der Waals surface area contributed by atoms with Crippen molar-refractivity contribution in [3.05, 3.63) is 23.0 Å². The summed E-state index contributed by atoms with van der Waals surface area (Å²) in [5.41, 5.74) is 5.19.